The molecule has 90 valence electrons. The number of nitrogens with two attached hydrogens (primary N) is 1. The van der Waals surface area contributed by atoms with Crippen molar-refractivity contribution >= 4 is 5.69 Å². The molecule has 0 fully saturated rings. The third kappa shape index (κ3) is 2.53. The van der Waals surface area contributed by atoms with Crippen molar-refractivity contribution < 1.29 is 9.47 Å². The smallest absolute Gasteiger partial charge is 0.150 e. The molecule has 18 heavy (non-hydrogen) atoms. The van der Waals surface area contributed by atoms with Gasteiger partial charge >= 0.3 is 0 Å². The largest absolute Gasteiger partial charge is 0.497 e. The number of nitriles is 1. The summed E-state index contributed by atoms with van der Waals surface area (Å²) in [4.78, 5) is 0. The Labute approximate surface area is 105 Å². The van der Waals surface area contributed by atoms with Crippen LogP contribution in [0.4, 0.5) is 5.69 Å². The number of benzene rings is 2. The second-order valence-corrected chi connectivity index (χ2v) is 3.64. The maximum absolute atomic E-state index is 8.74. The molecule has 0 spiro atoms. The van der Waals surface area contributed by atoms with Crippen LogP contribution in [0.3, 0.4) is 0 Å². The van der Waals surface area contributed by atoms with Gasteiger partial charge in [0.2, 0.25) is 0 Å². The van der Waals surface area contributed by atoms with Gasteiger partial charge in [0.25, 0.3) is 0 Å². The Morgan fingerprint density at radius 3 is 2.28 bits per heavy atom. The van der Waals surface area contributed by atoms with Crippen LogP contribution >= 0.6 is 0 Å². The Hall–Kier alpha value is -2.67. The summed E-state index contributed by atoms with van der Waals surface area (Å²) < 4.78 is 10.7. The van der Waals surface area contributed by atoms with Crippen LogP contribution < -0.4 is 15.2 Å². The summed E-state index contributed by atoms with van der Waals surface area (Å²) in [5, 5.41) is 8.74. The van der Waals surface area contributed by atoms with E-state index in [4.69, 9.17) is 20.5 Å². The van der Waals surface area contributed by atoms with E-state index < -0.39 is 0 Å². The summed E-state index contributed by atoms with van der Waals surface area (Å²) in [5.41, 5.74) is 6.74. The van der Waals surface area contributed by atoms with Crippen molar-refractivity contribution in [2.24, 2.45) is 0 Å². The molecule has 0 aliphatic carbocycles. The van der Waals surface area contributed by atoms with Gasteiger partial charge in [-0.15, -0.1) is 0 Å². The molecule has 0 radical (unpaired) electrons. The summed E-state index contributed by atoms with van der Waals surface area (Å²) >= 11 is 0. The first-order valence-electron chi connectivity index (χ1n) is 5.34. The highest BCUT2D eigenvalue weighted by atomic mass is 16.5. The summed E-state index contributed by atoms with van der Waals surface area (Å²) in [6.45, 7) is 0. The van der Waals surface area contributed by atoms with Crippen LogP contribution in [0.5, 0.6) is 17.2 Å². The monoisotopic (exact) mass is 240 g/mol. The lowest BCUT2D eigenvalue weighted by Gasteiger charge is -2.09. The van der Waals surface area contributed by atoms with Crippen molar-refractivity contribution in [1.29, 1.82) is 5.26 Å². The third-order valence-electron chi connectivity index (χ3n) is 2.43. The fraction of sp³-hybridized carbons (Fsp3) is 0.0714. The Morgan fingerprint density at radius 1 is 1.06 bits per heavy atom. The molecule has 0 unspecified atom stereocenters. The number of nitrogen functional groups attached to an aromatic ring is 1. The van der Waals surface area contributed by atoms with E-state index in [1.807, 2.05) is 6.07 Å². The van der Waals surface area contributed by atoms with Gasteiger partial charge in [0.1, 0.15) is 17.2 Å². The van der Waals surface area contributed by atoms with E-state index in [1.54, 1.807) is 49.6 Å². The molecule has 0 saturated carbocycles. The number of hydrogen-bond donors (Lipinski definition) is 1. The van der Waals surface area contributed by atoms with E-state index in [0.717, 1.165) is 5.75 Å². The van der Waals surface area contributed by atoms with E-state index in [9.17, 15) is 0 Å². The number of nitrogens with zero attached hydrogens (tertiary/aromatic N) is 1. The Bertz CT molecular complexity index is 586. The fourth-order valence-electron chi connectivity index (χ4n) is 1.48. The van der Waals surface area contributed by atoms with E-state index in [-0.39, 0.29) is 0 Å². The zero-order valence-corrected chi connectivity index (χ0v) is 9.88. The van der Waals surface area contributed by atoms with Crippen molar-refractivity contribution in [3.63, 3.8) is 0 Å². The highest BCUT2D eigenvalue weighted by Crippen LogP contribution is 2.29. The lowest BCUT2D eigenvalue weighted by atomic mass is 10.2. The Morgan fingerprint density at radius 2 is 1.72 bits per heavy atom. The van der Waals surface area contributed by atoms with Crippen LogP contribution in [-0.2, 0) is 0 Å². The summed E-state index contributed by atoms with van der Waals surface area (Å²) in [7, 11) is 1.61. The second kappa shape index (κ2) is 5.11. The SMILES string of the molecule is COc1ccc(Oc2ccc(C#N)cc2N)cc1. The molecule has 0 saturated heterocycles. The van der Waals surface area contributed by atoms with E-state index in [2.05, 4.69) is 0 Å². The third-order valence-corrected chi connectivity index (χ3v) is 2.43. The molecule has 2 aromatic carbocycles. The maximum Gasteiger partial charge on any atom is 0.150 e. The van der Waals surface area contributed by atoms with Gasteiger partial charge in [-0.05, 0) is 42.5 Å². The minimum atomic E-state index is 0.435. The van der Waals surface area contributed by atoms with Crippen LogP contribution in [0, 0.1) is 11.3 Å². The number of anilines is 1. The predicted molar refractivity (Wildman–Crippen MR) is 68.6 cm³/mol. The zero-order valence-electron chi connectivity index (χ0n) is 9.88. The van der Waals surface area contributed by atoms with Gasteiger partial charge in [0.05, 0.1) is 24.4 Å². The summed E-state index contributed by atoms with van der Waals surface area (Å²) in [6, 6.07) is 14.1. The first-order valence-corrected chi connectivity index (χ1v) is 5.34. The van der Waals surface area contributed by atoms with Crippen molar-refractivity contribution in [3.8, 4) is 23.3 Å². The molecular weight excluding hydrogens is 228 g/mol. The molecule has 0 aromatic heterocycles. The van der Waals surface area contributed by atoms with Crippen molar-refractivity contribution in [3.05, 3.63) is 48.0 Å². The van der Waals surface area contributed by atoms with Gasteiger partial charge in [-0.2, -0.15) is 5.26 Å². The molecule has 4 nitrogen and oxygen atoms in total. The number of methoxy groups -OCH3 is 1. The molecule has 2 rings (SSSR count). The molecule has 0 atom stereocenters. The average molecular weight is 240 g/mol. The number of ether oxygens (including phenoxy) is 2. The zero-order chi connectivity index (χ0) is 13.0. The second-order valence-electron chi connectivity index (χ2n) is 3.64. The van der Waals surface area contributed by atoms with Crippen LogP contribution in [0.15, 0.2) is 42.5 Å². The predicted octanol–water partition coefficient (Wildman–Crippen LogP) is 2.94. The van der Waals surface area contributed by atoms with Gasteiger partial charge in [0.15, 0.2) is 0 Å². The van der Waals surface area contributed by atoms with E-state index in [0.29, 0.717) is 22.7 Å². The molecule has 2 N–H and O–H groups in total. The normalized spacial score (nSPS) is 9.56. The van der Waals surface area contributed by atoms with Crippen molar-refractivity contribution in [2.45, 2.75) is 0 Å². The van der Waals surface area contributed by atoms with Gasteiger partial charge in [0, 0.05) is 0 Å². The minimum Gasteiger partial charge on any atom is -0.497 e. The van der Waals surface area contributed by atoms with Gasteiger partial charge < -0.3 is 15.2 Å². The lowest BCUT2D eigenvalue weighted by Crippen LogP contribution is -1.93. The number of rotatable bonds is 3. The molecular formula is C14H12N2O2. The highest BCUT2D eigenvalue weighted by Gasteiger charge is 2.03. The fourth-order valence-corrected chi connectivity index (χ4v) is 1.48. The Balaban J connectivity index is 2.20. The standard InChI is InChI=1S/C14H12N2O2/c1-17-11-3-5-12(6-4-11)18-14-7-2-10(9-15)8-13(14)16/h2-8H,16H2,1H3. The van der Waals surface area contributed by atoms with E-state index in [1.165, 1.54) is 0 Å². The molecule has 0 bridgehead atoms. The topological polar surface area (TPSA) is 68.3 Å². The average Bonchev–Trinajstić information content (AvgIpc) is 2.42. The Kier molecular flexibility index (Phi) is 3.35. The maximum atomic E-state index is 8.74. The van der Waals surface area contributed by atoms with Gasteiger partial charge in [-0.25, -0.2) is 0 Å². The summed E-state index contributed by atoms with van der Waals surface area (Å²) in [5.74, 6) is 1.95. The first kappa shape index (κ1) is 11.8. The van der Waals surface area contributed by atoms with Crippen molar-refractivity contribution in [1.82, 2.24) is 0 Å². The van der Waals surface area contributed by atoms with E-state index >= 15 is 0 Å². The molecule has 0 heterocycles. The minimum absolute atomic E-state index is 0.435. The summed E-state index contributed by atoms with van der Waals surface area (Å²) in [6.07, 6.45) is 0. The molecule has 0 aliphatic rings. The molecule has 0 aliphatic heterocycles. The van der Waals surface area contributed by atoms with Crippen LogP contribution in [0.1, 0.15) is 5.56 Å². The molecule has 2 aromatic rings. The molecule has 4 heteroatoms. The number of hydrogen-bond acceptors (Lipinski definition) is 4. The van der Waals surface area contributed by atoms with Crippen molar-refractivity contribution in [2.75, 3.05) is 12.8 Å². The quantitative estimate of drug-likeness (QED) is 0.837. The highest BCUT2D eigenvalue weighted by molar-refractivity contribution is 5.57. The van der Waals surface area contributed by atoms with Gasteiger partial charge in [-0.1, -0.05) is 0 Å². The van der Waals surface area contributed by atoms with Crippen LogP contribution in [-0.4, -0.2) is 7.11 Å². The van der Waals surface area contributed by atoms with Gasteiger partial charge in [-0.3, -0.25) is 0 Å². The lowest BCUT2D eigenvalue weighted by molar-refractivity contribution is 0.413. The first-order chi connectivity index (χ1) is 8.72. The van der Waals surface area contributed by atoms with Crippen LogP contribution in [0.25, 0.3) is 0 Å². The molecule has 0 amide bonds. The van der Waals surface area contributed by atoms with Crippen LogP contribution in [0.2, 0.25) is 0 Å².